The van der Waals surface area contributed by atoms with E-state index in [0.29, 0.717) is 12.3 Å². The molecular formula is C19H27FN2O2S2. The van der Waals surface area contributed by atoms with E-state index in [4.69, 9.17) is 4.74 Å². The lowest BCUT2D eigenvalue weighted by atomic mass is 9.95. The Morgan fingerprint density at radius 1 is 1.38 bits per heavy atom. The molecule has 0 aromatic heterocycles. The van der Waals surface area contributed by atoms with Gasteiger partial charge in [0, 0.05) is 47.5 Å². The fraction of sp³-hybridized carbons (Fsp3) is 0.632. The van der Waals surface area contributed by atoms with Crippen LogP contribution in [0.3, 0.4) is 0 Å². The monoisotopic (exact) mass is 398 g/mol. The van der Waals surface area contributed by atoms with Crippen molar-refractivity contribution in [3.63, 3.8) is 0 Å². The zero-order valence-electron chi connectivity index (χ0n) is 15.2. The molecule has 26 heavy (non-hydrogen) atoms. The predicted molar refractivity (Wildman–Crippen MR) is 106 cm³/mol. The third kappa shape index (κ3) is 5.15. The molecule has 1 N–H and O–H groups in total. The van der Waals surface area contributed by atoms with E-state index in [1.807, 2.05) is 18.7 Å². The van der Waals surface area contributed by atoms with E-state index in [1.165, 1.54) is 12.1 Å². The summed E-state index contributed by atoms with van der Waals surface area (Å²) in [7, 11) is 0. The van der Waals surface area contributed by atoms with Crippen molar-refractivity contribution in [2.75, 3.05) is 50.1 Å². The molecule has 1 amide bonds. The number of ether oxygens (including phenoxy) is 1. The Kier molecular flexibility index (Phi) is 7.26. The van der Waals surface area contributed by atoms with Gasteiger partial charge in [0.25, 0.3) is 0 Å². The van der Waals surface area contributed by atoms with Crippen LogP contribution in [-0.2, 0) is 9.53 Å². The summed E-state index contributed by atoms with van der Waals surface area (Å²) in [4.78, 5) is 16.1. The molecule has 0 unspecified atom stereocenters. The highest BCUT2D eigenvalue weighted by molar-refractivity contribution is 7.99. The van der Waals surface area contributed by atoms with Crippen LogP contribution in [-0.4, -0.2) is 66.5 Å². The smallest absolute Gasteiger partial charge is 0.223 e. The lowest BCUT2D eigenvalue weighted by Gasteiger charge is -2.43. The van der Waals surface area contributed by atoms with E-state index in [0.717, 1.165) is 49.1 Å². The Balaban J connectivity index is 1.48. The summed E-state index contributed by atoms with van der Waals surface area (Å²) in [6.07, 6.45) is 1.12. The molecule has 2 fully saturated rings. The van der Waals surface area contributed by atoms with Crippen molar-refractivity contribution in [2.24, 2.45) is 5.92 Å². The Hall–Kier alpha value is -0.760. The zero-order valence-corrected chi connectivity index (χ0v) is 16.8. The molecular weight excluding hydrogens is 371 g/mol. The van der Waals surface area contributed by atoms with Crippen molar-refractivity contribution in [2.45, 2.75) is 23.8 Å². The van der Waals surface area contributed by atoms with Gasteiger partial charge in [0.2, 0.25) is 5.91 Å². The molecule has 0 saturated carbocycles. The molecule has 144 valence electrons. The minimum Gasteiger partial charge on any atom is -0.379 e. The van der Waals surface area contributed by atoms with Crippen molar-refractivity contribution < 1.29 is 13.9 Å². The van der Waals surface area contributed by atoms with Crippen molar-refractivity contribution in [1.82, 2.24) is 10.2 Å². The maximum absolute atomic E-state index is 13.0. The number of nitrogens with zero attached hydrogens (tertiary/aromatic N) is 1. The topological polar surface area (TPSA) is 41.6 Å². The summed E-state index contributed by atoms with van der Waals surface area (Å²) in [6, 6.07) is 6.43. The summed E-state index contributed by atoms with van der Waals surface area (Å²) >= 11 is 3.57. The lowest BCUT2D eigenvalue weighted by Crippen LogP contribution is -2.59. The van der Waals surface area contributed by atoms with Crippen LogP contribution in [0.2, 0.25) is 0 Å². The van der Waals surface area contributed by atoms with Crippen LogP contribution in [0.25, 0.3) is 0 Å². The number of carbonyl (C=O) groups excluding carboxylic acids is 1. The third-order valence-corrected chi connectivity index (χ3v) is 7.62. The van der Waals surface area contributed by atoms with Gasteiger partial charge in [-0.2, -0.15) is 11.8 Å². The number of carbonyl (C=O) groups is 1. The molecule has 2 aliphatic rings. The van der Waals surface area contributed by atoms with Gasteiger partial charge in [0.1, 0.15) is 5.82 Å². The molecule has 1 aromatic rings. The van der Waals surface area contributed by atoms with Crippen LogP contribution in [0, 0.1) is 11.7 Å². The average molecular weight is 399 g/mol. The SMILES string of the molecule is C[C@H](CSc1ccc(F)cc1)C(=O)NC[C@@]1(N2CCOCC2)CCSC1. The van der Waals surface area contributed by atoms with E-state index in [2.05, 4.69) is 10.2 Å². The summed E-state index contributed by atoms with van der Waals surface area (Å²) < 4.78 is 18.5. The van der Waals surface area contributed by atoms with Gasteiger partial charge in [-0.25, -0.2) is 4.39 Å². The highest BCUT2D eigenvalue weighted by Crippen LogP contribution is 2.33. The third-order valence-electron chi connectivity index (χ3n) is 5.12. The molecule has 2 heterocycles. The molecule has 4 nitrogen and oxygen atoms in total. The highest BCUT2D eigenvalue weighted by Gasteiger charge is 2.41. The van der Waals surface area contributed by atoms with Gasteiger partial charge in [-0.15, -0.1) is 11.8 Å². The average Bonchev–Trinajstić information content (AvgIpc) is 3.16. The second-order valence-electron chi connectivity index (χ2n) is 7.01. The van der Waals surface area contributed by atoms with Gasteiger partial charge in [0.15, 0.2) is 0 Å². The fourth-order valence-electron chi connectivity index (χ4n) is 3.39. The van der Waals surface area contributed by atoms with Crippen molar-refractivity contribution in [3.8, 4) is 0 Å². The summed E-state index contributed by atoms with van der Waals surface area (Å²) in [6.45, 7) is 6.13. The molecule has 0 aliphatic carbocycles. The number of thioether (sulfide) groups is 2. The van der Waals surface area contributed by atoms with Gasteiger partial charge in [-0.05, 0) is 36.4 Å². The molecule has 2 atom stereocenters. The minimum absolute atomic E-state index is 0.0773. The number of hydrogen-bond donors (Lipinski definition) is 1. The standard InChI is InChI=1S/C19H27FN2O2S2/c1-15(12-26-17-4-2-16(20)3-5-17)18(23)21-13-19(6-11-25-14-19)22-7-9-24-10-8-22/h2-5,15H,6-14H2,1H3,(H,21,23)/t15-,19+/m1/s1. The summed E-state index contributed by atoms with van der Waals surface area (Å²) in [5.41, 5.74) is 0.0773. The minimum atomic E-state index is -0.233. The molecule has 0 spiro atoms. The Morgan fingerprint density at radius 2 is 2.12 bits per heavy atom. The molecule has 3 rings (SSSR count). The quantitative estimate of drug-likeness (QED) is 0.716. The molecule has 0 bridgehead atoms. The normalized spacial score (nSPS) is 25.2. The maximum atomic E-state index is 13.0. The van der Waals surface area contributed by atoms with Gasteiger partial charge in [-0.3, -0.25) is 9.69 Å². The van der Waals surface area contributed by atoms with E-state index in [9.17, 15) is 9.18 Å². The first kappa shape index (κ1) is 20.0. The molecule has 1 aromatic carbocycles. The van der Waals surface area contributed by atoms with Crippen molar-refractivity contribution in [3.05, 3.63) is 30.1 Å². The number of rotatable bonds is 7. The largest absolute Gasteiger partial charge is 0.379 e. The zero-order chi connectivity index (χ0) is 18.4. The summed E-state index contributed by atoms with van der Waals surface area (Å²) in [5.74, 6) is 2.71. The van der Waals surface area contributed by atoms with E-state index < -0.39 is 0 Å². The van der Waals surface area contributed by atoms with Crippen LogP contribution in [0.4, 0.5) is 4.39 Å². The molecule has 7 heteroatoms. The molecule has 0 radical (unpaired) electrons. The van der Waals surface area contributed by atoms with Crippen molar-refractivity contribution in [1.29, 1.82) is 0 Å². The Labute approximate surface area is 163 Å². The number of amides is 1. The van der Waals surface area contributed by atoms with Crippen LogP contribution < -0.4 is 5.32 Å². The fourth-order valence-corrected chi connectivity index (χ4v) is 5.79. The molecule has 2 aliphatic heterocycles. The number of morpholine rings is 1. The van der Waals surface area contributed by atoms with E-state index in [1.54, 1.807) is 23.9 Å². The highest BCUT2D eigenvalue weighted by atomic mass is 32.2. The van der Waals surface area contributed by atoms with Crippen molar-refractivity contribution >= 4 is 29.4 Å². The number of hydrogen-bond acceptors (Lipinski definition) is 5. The van der Waals surface area contributed by atoms with Gasteiger partial charge >= 0.3 is 0 Å². The van der Waals surface area contributed by atoms with E-state index >= 15 is 0 Å². The first-order valence-corrected chi connectivity index (χ1v) is 11.3. The lowest BCUT2D eigenvalue weighted by molar-refractivity contribution is -0.124. The van der Waals surface area contributed by atoms with Gasteiger partial charge in [0.05, 0.1) is 13.2 Å². The van der Waals surface area contributed by atoms with Crippen LogP contribution >= 0.6 is 23.5 Å². The number of nitrogens with one attached hydrogen (secondary N) is 1. The maximum Gasteiger partial charge on any atom is 0.223 e. The van der Waals surface area contributed by atoms with E-state index in [-0.39, 0.29) is 23.2 Å². The summed E-state index contributed by atoms with van der Waals surface area (Å²) in [5, 5.41) is 3.20. The Bertz CT molecular complexity index is 588. The second-order valence-corrected chi connectivity index (χ2v) is 9.21. The number of halogens is 1. The first-order chi connectivity index (χ1) is 12.6. The van der Waals surface area contributed by atoms with Crippen LogP contribution in [0.1, 0.15) is 13.3 Å². The predicted octanol–water partition coefficient (Wildman–Crippen LogP) is 2.88. The van der Waals surface area contributed by atoms with Crippen LogP contribution in [0.15, 0.2) is 29.2 Å². The second kappa shape index (κ2) is 9.44. The van der Waals surface area contributed by atoms with Crippen LogP contribution in [0.5, 0.6) is 0 Å². The molecule has 2 saturated heterocycles. The van der Waals surface area contributed by atoms with Gasteiger partial charge < -0.3 is 10.1 Å². The first-order valence-electron chi connectivity index (χ1n) is 9.16. The number of benzene rings is 1. The Morgan fingerprint density at radius 3 is 2.77 bits per heavy atom. The van der Waals surface area contributed by atoms with Gasteiger partial charge in [-0.1, -0.05) is 6.92 Å².